The van der Waals surface area contributed by atoms with Gasteiger partial charge in [-0.1, -0.05) is 52.7 Å². The van der Waals surface area contributed by atoms with Gasteiger partial charge >= 0.3 is 0 Å². The Balaban J connectivity index is 0.000000178. The molecule has 0 aliphatic heterocycles. The molecule has 0 radical (unpaired) electrons. The van der Waals surface area contributed by atoms with Gasteiger partial charge in [-0.25, -0.2) is 0 Å². The van der Waals surface area contributed by atoms with Gasteiger partial charge in [0.2, 0.25) is 11.8 Å². The highest BCUT2D eigenvalue weighted by molar-refractivity contribution is 5.93. The number of anilines is 1. The van der Waals surface area contributed by atoms with Crippen molar-refractivity contribution in [2.45, 2.75) is 168 Å². The number of carbonyl (C=O) groups is 4. The Morgan fingerprint density at radius 3 is 1.80 bits per heavy atom. The fourth-order valence-electron chi connectivity index (χ4n) is 15.6. The number of nitrogens with zero attached hydrogens (tertiary/aromatic N) is 1. The molecule has 10 atom stereocenters. The van der Waals surface area contributed by atoms with E-state index >= 15 is 0 Å². The van der Waals surface area contributed by atoms with E-state index in [0.717, 1.165) is 130 Å². The van der Waals surface area contributed by atoms with Crippen molar-refractivity contribution in [3.05, 3.63) is 82.0 Å². The summed E-state index contributed by atoms with van der Waals surface area (Å²) in [5, 5.41) is 35.0. The summed E-state index contributed by atoms with van der Waals surface area (Å²) >= 11 is 0. The Labute approximate surface area is 421 Å². The van der Waals surface area contributed by atoms with E-state index in [-0.39, 0.29) is 22.6 Å². The molecule has 0 bridgehead atoms. The number of benzene rings is 3. The van der Waals surface area contributed by atoms with Gasteiger partial charge in [0.05, 0.1) is 18.3 Å². The summed E-state index contributed by atoms with van der Waals surface area (Å²) in [4.78, 5) is 51.4. The first-order valence-electron chi connectivity index (χ1n) is 27.5. The molecule has 6 aliphatic carbocycles. The van der Waals surface area contributed by atoms with Gasteiger partial charge in [-0.2, -0.15) is 5.10 Å². The molecule has 6 aliphatic rings. The fraction of sp³-hybridized carbons (Fsp3) is 0.617. The normalized spacial score (nSPS) is 29.2. The number of phenols is 2. The van der Waals surface area contributed by atoms with Gasteiger partial charge in [-0.15, -0.1) is 0 Å². The second-order valence-electron chi connectivity index (χ2n) is 23.1. The minimum absolute atomic E-state index is 0.0207. The molecule has 11 heteroatoms. The number of aromatic nitrogens is 2. The van der Waals surface area contributed by atoms with E-state index in [9.17, 15) is 29.4 Å². The molecule has 1 heterocycles. The summed E-state index contributed by atoms with van der Waals surface area (Å²) in [5.74, 6) is 5.42. The second-order valence-corrected chi connectivity index (χ2v) is 23.1. The van der Waals surface area contributed by atoms with Crippen LogP contribution in [0, 0.1) is 46.3 Å². The highest BCUT2D eigenvalue weighted by atomic mass is 16.5. The Morgan fingerprint density at radius 1 is 0.746 bits per heavy atom. The topological polar surface area (TPSA) is 171 Å². The smallest absolute Gasteiger partial charge is 0.224 e. The number of ketones is 2. The van der Waals surface area contributed by atoms with Crippen LogP contribution in [0.5, 0.6) is 11.5 Å². The van der Waals surface area contributed by atoms with E-state index in [1.54, 1.807) is 13.3 Å². The molecule has 5 N–H and O–H groups in total. The Hall–Kier alpha value is -5.03. The van der Waals surface area contributed by atoms with Gasteiger partial charge in [-0.05, 0) is 201 Å². The molecule has 71 heavy (non-hydrogen) atoms. The van der Waals surface area contributed by atoms with E-state index in [2.05, 4.69) is 60.7 Å². The Bertz CT molecular complexity index is 2600. The van der Waals surface area contributed by atoms with Crippen LogP contribution in [0.25, 0.3) is 10.9 Å². The maximum atomic E-state index is 13.3. The molecule has 1 aromatic heterocycles. The SMILES string of the molecule is CCCc1cc2c(cc1O)CCC1C2CC[C@]2(C)C(=O)C[C@@H](CCCC(=O)NCCOC)C12.CCCc1cc2c(cc1O)CCC1C2CC[C@]2(C)C(=O)C[C@@H](CCCC(=O)Nc3ccc4cn[nH]c4c3)C12. The van der Waals surface area contributed by atoms with Crippen LogP contribution in [0.1, 0.15) is 176 Å². The minimum Gasteiger partial charge on any atom is -0.508 e. The van der Waals surface area contributed by atoms with Crippen LogP contribution in [0.2, 0.25) is 0 Å². The largest absolute Gasteiger partial charge is 0.508 e. The summed E-state index contributed by atoms with van der Waals surface area (Å²) in [6.45, 7) is 9.84. The standard InChI is InChI=1S/C32H39N3O3.C28H41NO4/c1-3-5-20-14-26-19(15-28(20)36)9-11-25-24(26)12-13-32(2)29(37)16-21(31(25)32)6-4-7-30(38)34-23-10-8-22-18-33-35-27(22)17-23;1-4-6-19-15-23-18(16-24(19)30)9-10-22-21(23)11-12-28(2)25(31)17-20(27(22)28)7-5-8-26(32)29-13-14-33-3/h8,10,14-15,17-18,21,24-25,31,36H,3-7,9,11-13,16H2,1-2H3,(H,33,35)(H,34,38);15-16,20-22,27,30H,4-14,17H2,1-3H3,(H,29,32)/t21-,24?,25?,31?,32-;20-,21?,22?,27?,28-/m11/s1. The number of aryl methyl sites for hydroxylation is 4. The van der Waals surface area contributed by atoms with Crippen molar-refractivity contribution >= 4 is 40.0 Å². The number of carbonyl (C=O) groups excluding carboxylic acids is 4. The highest BCUT2D eigenvalue weighted by Gasteiger charge is 2.60. The predicted molar refractivity (Wildman–Crippen MR) is 279 cm³/mol. The number of fused-ring (bicyclic) bond motifs is 11. The van der Waals surface area contributed by atoms with Gasteiger partial charge < -0.3 is 25.6 Å². The number of aromatic hydroxyl groups is 2. The van der Waals surface area contributed by atoms with E-state index in [4.69, 9.17) is 4.74 Å². The van der Waals surface area contributed by atoms with Crippen molar-refractivity contribution in [1.82, 2.24) is 15.5 Å². The summed E-state index contributed by atoms with van der Waals surface area (Å²) in [6, 6.07) is 14.4. The van der Waals surface area contributed by atoms with Crippen molar-refractivity contribution < 1.29 is 34.1 Å². The molecule has 4 saturated carbocycles. The number of ether oxygens (including phenoxy) is 1. The monoisotopic (exact) mass is 969 g/mol. The quantitative estimate of drug-likeness (QED) is 0.0691. The van der Waals surface area contributed by atoms with Gasteiger partial charge in [0, 0.05) is 61.2 Å². The molecule has 6 unspecified atom stereocenters. The number of amides is 2. The summed E-state index contributed by atoms with van der Waals surface area (Å²) in [5.41, 5.74) is 8.87. The number of aromatic amines is 1. The van der Waals surface area contributed by atoms with Crippen molar-refractivity contribution in [1.29, 1.82) is 0 Å². The van der Waals surface area contributed by atoms with E-state index < -0.39 is 0 Å². The molecule has 10 rings (SSSR count). The number of phenolic OH excluding ortho intramolecular Hbond substituents is 2. The molecule has 382 valence electrons. The molecule has 0 saturated heterocycles. The first kappa shape index (κ1) is 50.9. The molecular weight excluding hydrogens is 889 g/mol. The zero-order chi connectivity index (χ0) is 50.0. The Kier molecular flexibility index (Phi) is 15.5. The van der Waals surface area contributed by atoms with Crippen LogP contribution in [-0.4, -0.2) is 64.1 Å². The molecule has 4 fully saturated rings. The number of Topliss-reactive ketones (excluding diaryl/α,β-unsaturated/α-hetero) is 2. The van der Waals surface area contributed by atoms with Gasteiger partial charge in [0.1, 0.15) is 23.1 Å². The van der Waals surface area contributed by atoms with E-state index in [1.165, 1.54) is 22.3 Å². The fourth-order valence-corrected chi connectivity index (χ4v) is 15.6. The molecule has 2 amide bonds. The first-order valence-corrected chi connectivity index (χ1v) is 27.5. The molecule has 4 aromatic rings. The third-order valence-electron chi connectivity index (χ3n) is 18.9. The van der Waals surface area contributed by atoms with Crippen molar-refractivity contribution in [3.8, 4) is 11.5 Å². The number of H-pyrrole nitrogens is 1. The van der Waals surface area contributed by atoms with Crippen LogP contribution in [0.4, 0.5) is 5.69 Å². The van der Waals surface area contributed by atoms with Crippen molar-refractivity contribution in [2.75, 3.05) is 25.6 Å². The van der Waals surface area contributed by atoms with Crippen LogP contribution >= 0.6 is 0 Å². The third kappa shape index (κ3) is 10.2. The van der Waals surface area contributed by atoms with E-state index in [0.29, 0.717) is 109 Å². The number of methoxy groups -OCH3 is 1. The lowest BCUT2D eigenvalue weighted by Crippen LogP contribution is -2.44. The maximum absolute atomic E-state index is 13.3. The van der Waals surface area contributed by atoms with Crippen LogP contribution in [0.15, 0.2) is 48.7 Å². The van der Waals surface area contributed by atoms with E-state index in [1.807, 2.05) is 30.3 Å². The Morgan fingerprint density at radius 2 is 1.28 bits per heavy atom. The zero-order valence-corrected chi connectivity index (χ0v) is 43.2. The highest BCUT2D eigenvalue weighted by Crippen LogP contribution is 2.64. The van der Waals surface area contributed by atoms with Gasteiger partial charge in [0.15, 0.2) is 0 Å². The lowest BCUT2D eigenvalue weighted by molar-refractivity contribution is -0.130. The minimum atomic E-state index is -0.228. The molecule has 3 aromatic carbocycles. The van der Waals surface area contributed by atoms with Crippen molar-refractivity contribution in [2.24, 2.45) is 46.3 Å². The van der Waals surface area contributed by atoms with Crippen LogP contribution in [0.3, 0.4) is 0 Å². The molecular formula is C60H80N4O7. The average Bonchev–Trinajstić information content (AvgIpc) is 4.00. The first-order chi connectivity index (χ1) is 34.3. The van der Waals surface area contributed by atoms with Gasteiger partial charge in [-0.3, -0.25) is 24.3 Å². The number of hydrogen-bond donors (Lipinski definition) is 5. The summed E-state index contributed by atoms with van der Waals surface area (Å²) in [6.07, 6.45) is 19.7. The van der Waals surface area contributed by atoms with Crippen LogP contribution in [-0.2, 0) is 49.6 Å². The number of hydrogen-bond acceptors (Lipinski definition) is 8. The summed E-state index contributed by atoms with van der Waals surface area (Å²) in [7, 11) is 1.63. The molecule has 0 spiro atoms. The molecule has 11 nitrogen and oxygen atoms in total. The third-order valence-corrected chi connectivity index (χ3v) is 18.9. The van der Waals surface area contributed by atoms with Crippen LogP contribution < -0.4 is 10.6 Å². The zero-order valence-electron chi connectivity index (χ0n) is 43.2. The average molecular weight is 969 g/mol. The predicted octanol–water partition coefficient (Wildman–Crippen LogP) is 11.6. The maximum Gasteiger partial charge on any atom is 0.224 e. The van der Waals surface area contributed by atoms with Gasteiger partial charge in [0.25, 0.3) is 0 Å². The number of nitrogens with one attached hydrogen (secondary N) is 3. The number of rotatable bonds is 16. The summed E-state index contributed by atoms with van der Waals surface area (Å²) < 4.78 is 5.00. The second kappa shape index (κ2) is 21.6. The lowest BCUT2D eigenvalue weighted by Gasteiger charge is -2.50. The van der Waals surface area contributed by atoms with Crippen molar-refractivity contribution in [3.63, 3.8) is 0 Å². The lowest BCUT2D eigenvalue weighted by atomic mass is 9.54.